The van der Waals surface area contributed by atoms with E-state index >= 15 is 0 Å². The first-order chi connectivity index (χ1) is 14.3. The standard InChI is InChI=1S/C21H15ClF4N4/c22-16-7-18-14(10-29-20(18)30-11-16)3-13-8-27-19(28-9-13)2-1-12-4-15(21(24,25)26)6-17(23)5-12/h4-11H,1-3H2,(H,29,30). The second-order valence-electron chi connectivity index (χ2n) is 6.89. The number of pyridine rings is 1. The molecule has 3 aromatic heterocycles. The van der Waals surface area contributed by atoms with Gasteiger partial charge in [-0.25, -0.2) is 19.3 Å². The zero-order valence-corrected chi connectivity index (χ0v) is 16.2. The normalized spacial score (nSPS) is 11.9. The van der Waals surface area contributed by atoms with Crippen molar-refractivity contribution in [1.82, 2.24) is 19.9 Å². The molecular formula is C21H15ClF4N4. The van der Waals surface area contributed by atoms with Gasteiger partial charge in [0.2, 0.25) is 0 Å². The number of nitrogens with one attached hydrogen (secondary N) is 1. The third-order valence-electron chi connectivity index (χ3n) is 4.66. The van der Waals surface area contributed by atoms with Crippen LogP contribution in [0.3, 0.4) is 0 Å². The van der Waals surface area contributed by atoms with Crippen molar-refractivity contribution in [2.75, 3.05) is 0 Å². The Morgan fingerprint density at radius 3 is 2.40 bits per heavy atom. The maximum absolute atomic E-state index is 13.5. The van der Waals surface area contributed by atoms with Crippen LogP contribution in [0.5, 0.6) is 0 Å². The van der Waals surface area contributed by atoms with Gasteiger partial charge in [0.05, 0.1) is 10.6 Å². The van der Waals surface area contributed by atoms with Gasteiger partial charge in [-0.1, -0.05) is 11.6 Å². The fourth-order valence-corrected chi connectivity index (χ4v) is 3.37. The number of alkyl halides is 3. The van der Waals surface area contributed by atoms with E-state index in [0.29, 0.717) is 29.8 Å². The maximum Gasteiger partial charge on any atom is 0.416 e. The lowest BCUT2D eigenvalue weighted by atomic mass is 10.1. The topological polar surface area (TPSA) is 54.5 Å². The molecule has 1 aromatic carbocycles. The molecule has 0 saturated carbocycles. The number of benzene rings is 1. The van der Waals surface area contributed by atoms with Crippen molar-refractivity contribution >= 4 is 22.6 Å². The number of aryl methyl sites for hydroxylation is 2. The number of aromatic nitrogens is 4. The van der Waals surface area contributed by atoms with Crippen molar-refractivity contribution in [3.05, 3.63) is 88.0 Å². The maximum atomic E-state index is 13.5. The van der Waals surface area contributed by atoms with Crippen LogP contribution in [0.15, 0.2) is 49.1 Å². The van der Waals surface area contributed by atoms with Crippen molar-refractivity contribution in [3.63, 3.8) is 0 Å². The fourth-order valence-electron chi connectivity index (χ4n) is 3.21. The lowest BCUT2D eigenvalue weighted by Crippen LogP contribution is -2.07. The van der Waals surface area contributed by atoms with E-state index in [0.717, 1.165) is 34.3 Å². The number of aromatic amines is 1. The Morgan fingerprint density at radius 1 is 0.900 bits per heavy atom. The van der Waals surface area contributed by atoms with E-state index in [9.17, 15) is 17.6 Å². The predicted molar refractivity (Wildman–Crippen MR) is 105 cm³/mol. The first-order valence-corrected chi connectivity index (χ1v) is 9.44. The molecule has 0 amide bonds. The molecule has 0 spiro atoms. The Bertz CT molecular complexity index is 1190. The van der Waals surface area contributed by atoms with Gasteiger partial charge in [0.15, 0.2) is 0 Å². The van der Waals surface area contributed by atoms with Crippen molar-refractivity contribution < 1.29 is 17.6 Å². The van der Waals surface area contributed by atoms with Gasteiger partial charge >= 0.3 is 6.18 Å². The molecule has 4 nitrogen and oxygen atoms in total. The van der Waals surface area contributed by atoms with Crippen LogP contribution in [-0.4, -0.2) is 19.9 Å². The molecule has 4 rings (SSSR count). The predicted octanol–water partition coefficient (Wildman–Crippen LogP) is 5.54. The monoisotopic (exact) mass is 434 g/mol. The zero-order chi connectivity index (χ0) is 21.3. The molecular weight excluding hydrogens is 420 g/mol. The van der Waals surface area contributed by atoms with E-state index < -0.39 is 17.6 Å². The molecule has 4 aromatic rings. The molecule has 0 aliphatic rings. The molecule has 9 heteroatoms. The second-order valence-corrected chi connectivity index (χ2v) is 7.33. The second kappa shape index (κ2) is 8.02. The van der Waals surface area contributed by atoms with Crippen molar-refractivity contribution in [2.45, 2.75) is 25.4 Å². The third kappa shape index (κ3) is 4.59. The summed E-state index contributed by atoms with van der Waals surface area (Å²) in [4.78, 5) is 15.9. The van der Waals surface area contributed by atoms with Gasteiger partial charge in [-0.05, 0) is 47.4 Å². The molecule has 0 saturated heterocycles. The molecule has 3 heterocycles. The van der Waals surface area contributed by atoms with Crippen LogP contribution in [0.1, 0.15) is 28.1 Å². The van der Waals surface area contributed by atoms with Gasteiger partial charge in [0.25, 0.3) is 0 Å². The quantitative estimate of drug-likeness (QED) is 0.419. The molecule has 0 bridgehead atoms. The Hall–Kier alpha value is -3.00. The Kier molecular flexibility index (Phi) is 5.42. The molecule has 0 aliphatic carbocycles. The molecule has 30 heavy (non-hydrogen) atoms. The first-order valence-electron chi connectivity index (χ1n) is 9.06. The number of hydrogen-bond acceptors (Lipinski definition) is 3. The van der Waals surface area contributed by atoms with Gasteiger partial charge in [-0.2, -0.15) is 13.2 Å². The average Bonchev–Trinajstić information content (AvgIpc) is 3.08. The molecule has 154 valence electrons. The molecule has 1 N–H and O–H groups in total. The molecule has 0 radical (unpaired) electrons. The summed E-state index contributed by atoms with van der Waals surface area (Å²) in [6, 6.07) is 4.37. The highest BCUT2D eigenvalue weighted by atomic mass is 35.5. The number of halogens is 5. The highest BCUT2D eigenvalue weighted by Gasteiger charge is 2.31. The first kappa shape index (κ1) is 20.3. The van der Waals surface area contributed by atoms with Gasteiger partial charge < -0.3 is 4.98 Å². The molecule has 0 fully saturated rings. The van der Waals surface area contributed by atoms with Crippen molar-refractivity contribution in [1.29, 1.82) is 0 Å². The highest BCUT2D eigenvalue weighted by Crippen LogP contribution is 2.30. The minimum absolute atomic E-state index is 0.201. The Morgan fingerprint density at radius 2 is 1.67 bits per heavy atom. The lowest BCUT2D eigenvalue weighted by Gasteiger charge is -2.09. The van der Waals surface area contributed by atoms with Gasteiger partial charge in [0, 0.05) is 43.0 Å². The van der Waals surface area contributed by atoms with Crippen LogP contribution in [0.2, 0.25) is 5.02 Å². The van der Waals surface area contributed by atoms with E-state index in [4.69, 9.17) is 11.6 Å². The minimum atomic E-state index is -4.59. The number of H-pyrrole nitrogens is 1. The van der Waals surface area contributed by atoms with E-state index in [1.54, 1.807) is 18.6 Å². The van der Waals surface area contributed by atoms with Crippen LogP contribution in [0.4, 0.5) is 17.6 Å². The van der Waals surface area contributed by atoms with E-state index in [2.05, 4.69) is 19.9 Å². The van der Waals surface area contributed by atoms with Crippen molar-refractivity contribution in [3.8, 4) is 0 Å². The number of fused-ring (bicyclic) bond motifs is 1. The number of hydrogen-bond donors (Lipinski definition) is 1. The summed E-state index contributed by atoms with van der Waals surface area (Å²) >= 11 is 6.01. The summed E-state index contributed by atoms with van der Waals surface area (Å²) in [5.74, 6) is -0.440. The summed E-state index contributed by atoms with van der Waals surface area (Å²) in [7, 11) is 0. The number of nitrogens with zero attached hydrogens (tertiary/aromatic N) is 3. The highest BCUT2D eigenvalue weighted by molar-refractivity contribution is 6.31. The molecule has 0 unspecified atom stereocenters. The van der Waals surface area contributed by atoms with E-state index in [1.165, 1.54) is 0 Å². The van der Waals surface area contributed by atoms with Crippen LogP contribution in [0.25, 0.3) is 11.0 Å². The summed E-state index contributed by atoms with van der Waals surface area (Å²) in [5.41, 5.74) is 1.85. The SMILES string of the molecule is Fc1cc(CCc2ncc(Cc3c[nH]c4ncc(Cl)cc34)cn2)cc(C(F)(F)F)c1. The third-order valence-corrected chi connectivity index (χ3v) is 4.87. The van der Waals surface area contributed by atoms with Crippen LogP contribution in [-0.2, 0) is 25.4 Å². The van der Waals surface area contributed by atoms with Crippen LogP contribution >= 0.6 is 11.6 Å². The van der Waals surface area contributed by atoms with Crippen molar-refractivity contribution in [2.24, 2.45) is 0 Å². The van der Waals surface area contributed by atoms with Gasteiger partial charge in [-0.15, -0.1) is 0 Å². The lowest BCUT2D eigenvalue weighted by molar-refractivity contribution is -0.137. The van der Waals surface area contributed by atoms with Gasteiger partial charge in [-0.3, -0.25) is 0 Å². The average molecular weight is 435 g/mol. The smallest absolute Gasteiger partial charge is 0.346 e. The largest absolute Gasteiger partial charge is 0.416 e. The Labute approximate surface area is 174 Å². The minimum Gasteiger partial charge on any atom is -0.346 e. The van der Waals surface area contributed by atoms with Crippen LogP contribution < -0.4 is 0 Å². The van der Waals surface area contributed by atoms with Crippen LogP contribution in [0, 0.1) is 5.82 Å². The summed E-state index contributed by atoms with van der Waals surface area (Å²) < 4.78 is 52.0. The molecule has 0 aliphatic heterocycles. The Balaban J connectivity index is 1.44. The molecule has 0 atom stereocenters. The summed E-state index contributed by atoms with van der Waals surface area (Å²) in [6.45, 7) is 0. The summed E-state index contributed by atoms with van der Waals surface area (Å²) in [5, 5.41) is 1.46. The van der Waals surface area contributed by atoms with Gasteiger partial charge in [0.1, 0.15) is 17.3 Å². The fraction of sp³-hybridized carbons (Fsp3) is 0.190. The van der Waals surface area contributed by atoms with E-state index in [-0.39, 0.29) is 12.0 Å². The van der Waals surface area contributed by atoms with E-state index in [1.807, 2.05) is 12.3 Å². The summed E-state index contributed by atoms with van der Waals surface area (Å²) in [6.07, 6.45) is 3.25. The zero-order valence-electron chi connectivity index (χ0n) is 15.5. The number of rotatable bonds is 5.